The third-order valence-corrected chi connectivity index (χ3v) is 5.59. The molecular formula is C24H48O4. The molecule has 168 valence electrons. The number of rotatable bonds is 21. The Labute approximate surface area is 174 Å². The van der Waals surface area contributed by atoms with Gasteiger partial charge in [0.2, 0.25) is 0 Å². The molecule has 0 saturated heterocycles. The summed E-state index contributed by atoms with van der Waals surface area (Å²) in [4.78, 5) is 12.1. The first-order valence-corrected chi connectivity index (χ1v) is 12.1. The van der Waals surface area contributed by atoms with Gasteiger partial charge >= 0.3 is 5.97 Å². The highest BCUT2D eigenvalue weighted by Crippen LogP contribution is 2.23. The number of hydrogen-bond donors (Lipinski definition) is 2. The fourth-order valence-electron chi connectivity index (χ4n) is 3.73. The molecule has 0 saturated carbocycles. The van der Waals surface area contributed by atoms with Crippen LogP contribution in [0.25, 0.3) is 0 Å². The van der Waals surface area contributed by atoms with E-state index >= 15 is 0 Å². The molecule has 1 unspecified atom stereocenters. The van der Waals surface area contributed by atoms with E-state index in [4.69, 9.17) is 14.9 Å². The van der Waals surface area contributed by atoms with Gasteiger partial charge in [0.1, 0.15) is 6.10 Å². The molecular weight excluding hydrogens is 352 g/mol. The molecule has 0 aromatic rings. The lowest BCUT2D eigenvalue weighted by molar-refractivity contribution is -0.154. The van der Waals surface area contributed by atoms with Crippen LogP contribution in [0.3, 0.4) is 0 Å². The van der Waals surface area contributed by atoms with Gasteiger partial charge < -0.3 is 14.9 Å². The molecule has 0 aromatic heterocycles. The number of aliphatic hydroxyl groups excluding tert-OH is 2. The van der Waals surface area contributed by atoms with Crippen LogP contribution in [-0.2, 0) is 9.53 Å². The Morgan fingerprint density at radius 3 is 1.46 bits per heavy atom. The highest BCUT2D eigenvalue weighted by Gasteiger charge is 2.18. The minimum Gasteiger partial charge on any atom is -0.457 e. The molecule has 0 bridgehead atoms. The lowest BCUT2D eigenvalue weighted by Gasteiger charge is -2.18. The number of ether oxygens (including phenoxy) is 1. The molecule has 4 nitrogen and oxygen atoms in total. The minimum atomic E-state index is -0.773. The van der Waals surface area contributed by atoms with E-state index in [0.29, 0.717) is 12.3 Å². The largest absolute Gasteiger partial charge is 0.457 e. The van der Waals surface area contributed by atoms with Crippen LogP contribution >= 0.6 is 0 Å². The molecule has 0 heterocycles. The van der Waals surface area contributed by atoms with Gasteiger partial charge in [-0.1, -0.05) is 104 Å². The second-order valence-corrected chi connectivity index (χ2v) is 8.37. The molecule has 1 atom stereocenters. The van der Waals surface area contributed by atoms with Crippen LogP contribution in [0, 0.1) is 5.92 Å². The van der Waals surface area contributed by atoms with Crippen molar-refractivity contribution in [1.82, 2.24) is 0 Å². The van der Waals surface area contributed by atoms with E-state index < -0.39 is 6.10 Å². The van der Waals surface area contributed by atoms with Crippen molar-refractivity contribution >= 4 is 5.97 Å². The Morgan fingerprint density at radius 2 is 1.07 bits per heavy atom. The average Bonchev–Trinajstić information content (AvgIpc) is 2.70. The molecule has 2 N–H and O–H groups in total. The lowest BCUT2D eigenvalue weighted by atomic mass is 9.91. The maximum atomic E-state index is 12.1. The van der Waals surface area contributed by atoms with Crippen molar-refractivity contribution in [2.45, 2.75) is 129 Å². The van der Waals surface area contributed by atoms with Gasteiger partial charge in [0, 0.05) is 6.42 Å². The van der Waals surface area contributed by atoms with E-state index in [9.17, 15) is 4.79 Å². The number of unbranched alkanes of at least 4 members (excludes halogenated alkanes) is 12. The predicted molar refractivity (Wildman–Crippen MR) is 117 cm³/mol. The first-order chi connectivity index (χ1) is 13.7. The van der Waals surface area contributed by atoms with Gasteiger partial charge in [-0.05, 0) is 18.8 Å². The first-order valence-electron chi connectivity index (χ1n) is 12.1. The summed E-state index contributed by atoms with van der Waals surface area (Å²) in [5, 5.41) is 18.2. The Hall–Kier alpha value is -0.610. The van der Waals surface area contributed by atoms with Crippen molar-refractivity contribution < 1.29 is 19.7 Å². The van der Waals surface area contributed by atoms with Gasteiger partial charge in [0.25, 0.3) is 0 Å². The fraction of sp³-hybridized carbons (Fsp3) is 0.958. The van der Waals surface area contributed by atoms with Gasteiger partial charge in [0.15, 0.2) is 0 Å². The van der Waals surface area contributed by atoms with Crippen molar-refractivity contribution in [3.05, 3.63) is 0 Å². The quantitative estimate of drug-likeness (QED) is 0.179. The molecule has 0 aliphatic rings. The lowest BCUT2D eigenvalue weighted by Crippen LogP contribution is -2.26. The predicted octanol–water partition coefficient (Wildman–Crippen LogP) is 6.17. The van der Waals surface area contributed by atoms with Gasteiger partial charge in [-0.15, -0.1) is 0 Å². The molecule has 4 heteroatoms. The van der Waals surface area contributed by atoms with E-state index in [2.05, 4.69) is 13.8 Å². The molecule has 0 amide bonds. The SMILES string of the molecule is CCCCCCCCCCC(CCCCCCCC)CC(=O)OC(CO)CO. The zero-order valence-electron chi connectivity index (χ0n) is 18.8. The smallest absolute Gasteiger partial charge is 0.306 e. The molecule has 0 aliphatic heterocycles. The summed E-state index contributed by atoms with van der Waals surface area (Å²) in [5.41, 5.74) is 0. The van der Waals surface area contributed by atoms with E-state index in [-0.39, 0.29) is 19.2 Å². The van der Waals surface area contributed by atoms with Crippen molar-refractivity contribution in [2.75, 3.05) is 13.2 Å². The molecule has 0 aliphatic carbocycles. The van der Waals surface area contributed by atoms with Crippen molar-refractivity contribution in [3.63, 3.8) is 0 Å². The second-order valence-electron chi connectivity index (χ2n) is 8.37. The standard InChI is InChI=1S/C24H48O4/c1-3-5-7-9-11-12-14-16-18-22(17-15-13-10-8-6-4-2)19-24(27)28-23(20-25)21-26/h22-23,25-26H,3-21H2,1-2H3. The first kappa shape index (κ1) is 27.4. The zero-order valence-corrected chi connectivity index (χ0v) is 18.8. The van der Waals surface area contributed by atoms with E-state index in [1.165, 1.54) is 89.9 Å². The number of carbonyl (C=O) groups is 1. The summed E-state index contributed by atoms with van der Waals surface area (Å²) in [6, 6.07) is 0. The Kier molecular flexibility index (Phi) is 20.6. The summed E-state index contributed by atoms with van der Waals surface area (Å²) in [7, 11) is 0. The Bertz CT molecular complexity index is 329. The Morgan fingerprint density at radius 1 is 0.679 bits per heavy atom. The van der Waals surface area contributed by atoms with Gasteiger partial charge in [0.05, 0.1) is 13.2 Å². The summed E-state index contributed by atoms with van der Waals surface area (Å²) >= 11 is 0. The molecule has 0 radical (unpaired) electrons. The monoisotopic (exact) mass is 400 g/mol. The third kappa shape index (κ3) is 17.5. The van der Waals surface area contributed by atoms with Crippen LogP contribution < -0.4 is 0 Å². The summed E-state index contributed by atoms with van der Waals surface area (Å²) in [6.07, 6.45) is 19.9. The maximum Gasteiger partial charge on any atom is 0.306 e. The van der Waals surface area contributed by atoms with Crippen LogP contribution in [-0.4, -0.2) is 35.5 Å². The summed E-state index contributed by atoms with van der Waals surface area (Å²) in [5.74, 6) is 0.0976. The average molecular weight is 401 g/mol. The molecule has 0 rings (SSSR count). The van der Waals surface area contributed by atoms with Crippen LogP contribution in [0.1, 0.15) is 123 Å². The number of aliphatic hydroxyl groups is 2. The zero-order chi connectivity index (χ0) is 20.9. The molecule has 0 spiro atoms. The second kappa shape index (κ2) is 21.1. The van der Waals surface area contributed by atoms with Gasteiger partial charge in [-0.2, -0.15) is 0 Å². The van der Waals surface area contributed by atoms with Gasteiger partial charge in [-0.25, -0.2) is 0 Å². The minimum absolute atomic E-state index is 0.274. The van der Waals surface area contributed by atoms with Crippen LogP contribution in [0.5, 0.6) is 0 Å². The topological polar surface area (TPSA) is 66.8 Å². The van der Waals surface area contributed by atoms with Crippen LogP contribution in [0.15, 0.2) is 0 Å². The number of carbonyl (C=O) groups excluding carboxylic acids is 1. The molecule has 28 heavy (non-hydrogen) atoms. The maximum absolute atomic E-state index is 12.1. The number of esters is 1. The highest BCUT2D eigenvalue weighted by molar-refractivity contribution is 5.69. The van der Waals surface area contributed by atoms with E-state index in [1.807, 2.05) is 0 Å². The van der Waals surface area contributed by atoms with Crippen molar-refractivity contribution in [3.8, 4) is 0 Å². The summed E-state index contributed by atoms with van der Waals surface area (Å²) < 4.78 is 5.18. The Balaban J connectivity index is 4.11. The van der Waals surface area contributed by atoms with Gasteiger partial charge in [-0.3, -0.25) is 4.79 Å². The molecule has 0 fully saturated rings. The van der Waals surface area contributed by atoms with Crippen LogP contribution in [0.4, 0.5) is 0 Å². The summed E-state index contributed by atoms with van der Waals surface area (Å²) in [6.45, 7) is 3.85. The fourth-order valence-corrected chi connectivity index (χ4v) is 3.73. The van der Waals surface area contributed by atoms with E-state index in [1.54, 1.807) is 0 Å². The highest BCUT2D eigenvalue weighted by atomic mass is 16.6. The molecule has 0 aromatic carbocycles. The van der Waals surface area contributed by atoms with E-state index in [0.717, 1.165) is 12.8 Å². The van der Waals surface area contributed by atoms with Crippen LogP contribution in [0.2, 0.25) is 0 Å². The van der Waals surface area contributed by atoms with Crippen molar-refractivity contribution in [1.29, 1.82) is 0 Å². The number of hydrogen-bond acceptors (Lipinski definition) is 4. The third-order valence-electron chi connectivity index (χ3n) is 5.59. The normalized spacial score (nSPS) is 12.5. The van der Waals surface area contributed by atoms with Crippen molar-refractivity contribution in [2.24, 2.45) is 5.92 Å².